The van der Waals surface area contributed by atoms with E-state index >= 15 is 0 Å². The van der Waals surface area contributed by atoms with Gasteiger partial charge in [0.25, 0.3) is 0 Å². The van der Waals surface area contributed by atoms with Gasteiger partial charge in [-0.15, -0.1) is 0 Å². The molecule has 7 nitrogen and oxygen atoms in total. The van der Waals surface area contributed by atoms with E-state index in [1.54, 1.807) is 0 Å². The lowest BCUT2D eigenvalue weighted by Gasteiger charge is -2.20. The van der Waals surface area contributed by atoms with E-state index in [-0.39, 0.29) is 0 Å². The number of para-hydroxylation sites is 1. The van der Waals surface area contributed by atoms with Crippen molar-refractivity contribution in [2.75, 3.05) is 0 Å². The summed E-state index contributed by atoms with van der Waals surface area (Å²) in [6.07, 6.45) is 0. The smallest absolute Gasteiger partial charge is 0.211 e. The monoisotopic (exact) mass is 927 g/mol. The van der Waals surface area contributed by atoms with Gasteiger partial charge in [-0.3, -0.25) is 0 Å². The van der Waals surface area contributed by atoms with Crippen LogP contribution >= 0.6 is 0 Å². The fourth-order valence-corrected chi connectivity index (χ4v) is 10.3. The van der Waals surface area contributed by atoms with Crippen molar-refractivity contribution >= 4 is 60.7 Å². The van der Waals surface area contributed by atoms with Crippen LogP contribution in [0.5, 0.6) is 0 Å². The molecule has 73 heavy (non-hydrogen) atoms. The van der Waals surface area contributed by atoms with Gasteiger partial charge in [-0.1, -0.05) is 127 Å². The first-order chi connectivity index (χ1) is 35.8. The summed E-state index contributed by atoms with van der Waals surface area (Å²) in [6.45, 7) is 25.9. The number of hydrogen-bond donors (Lipinski definition) is 0. The summed E-state index contributed by atoms with van der Waals surface area (Å²) in [6, 6.07) is 73.7. The molecule has 10 aromatic carbocycles. The summed E-state index contributed by atoms with van der Waals surface area (Å²) in [5, 5.41) is 23.2. The van der Waals surface area contributed by atoms with Crippen molar-refractivity contribution in [1.82, 2.24) is 9.13 Å². The van der Waals surface area contributed by atoms with E-state index < -0.39 is 0 Å². The Labute approximate surface area is 421 Å². The summed E-state index contributed by atoms with van der Waals surface area (Å²) < 4.78 is 4.58. The highest BCUT2D eigenvalue weighted by molar-refractivity contribution is 6.14. The molecule has 0 aliphatic heterocycles. The minimum atomic E-state index is 0.503. The molecule has 12 aromatic rings. The Hall–Kier alpha value is -10.8. The summed E-state index contributed by atoms with van der Waals surface area (Å²) in [5.74, 6) is 0. The predicted octanol–water partition coefficient (Wildman–Crippen LogP) is 17.9. The van der Waals surface area contributed by atoms with Crippen LogP contribution in [0.15, 0.2) is 206 Å². The topological polar surface area (TPSA) is 70.5 Å². The molecule has 0 N–H and O–H groups in total. The largest absolute Gasteiger partial charge is 0.318 e. The number of nitrogens with zero attached hydrogens (tertiary/aromatic N) is 7. The molecule has 0 spiro atoms. The Morgan fingerprint density at radius 1 is 0.370 bits per heavy atom. The molecule has 0 saturated carbocycles. The number of aryl methyl sites for hydroxylation is 1. The predicted molar refractivity (Wildman–Crippen MR) is 295 cm³/mol. The molecule has 0 saturated heterocycles. The van der Waals surface area contributed by atoms with Crippen molar-refractivity contribution in [1.29, 1.82) is 10.5 Å². The Bertz CT molecular complexity index is 4230. The Morgan fingerprint density at radius 3 is 1.14 bits per heavy atom. The maximum atomic E-state index is 9.56. The van der Waals surface area contributed by atoms with Crippen molar-refractivity contribution < 1.29 is 0 Å². The summed E-state index contributed by atoms with van der Waals surface area (Å²) in [4.78, 5) is 11.5. The van der Waals surface area contributed by atoms with Gasteiger partial charge in [-0.2, -0.15) is 10.5 Å². The zero-order chi connectivity index (χ0) is 49.7. The molecule has 336 valence electrons. The molecule has 0 radical (unpaired) electrons. The van der Waals surface area contributed by atoms with Crippen LogP contribution in [0.25, 0.3) is 125 Å². The molecule has 2 aromatic heterocycles. The highest BCUT2D eigenvalue weighted by Gasteiger charge is 2.24. The summed E-state index contributed by atoms with van der Waals surface area (Å²) in [5.41, 5.74) is 19.4. The maximum absolute atomic E-state index is 9.56. The molecule has 0 unspecified atom stereocenters. The lowest BCUT2D eigenvalue weighted by atomic mass is 9.97. The SMILES string of the molecule is [C-]#[N+]c1ccc(-c2ccc3c(c2)c2cc(-c4ccc([N+]#[C-])cc4)ccc2n3-c2c([N+]#[C-])cccc2-c2cc(C)ccc2-n2c3ccc(-c4ccc(C#N)cc4)cc3c3cc(-c4ccc(C#N)cc4)ccc32)cc1. The van der Waals surface area contributed by atoms with Crippen LogP contribution in [0.4, 0.5) is 17.1 Å². The van der Waals surface area contributed by atoms with Gasteiger partial charge in [0.1, 0.15) is 0 Å². The second kappa shape index (κ2) is 17.6. The van der Waals surface area contributed by atoms with E-state index in [9.17, 15) is 10.5 Å². The molecular formula is C66H37N7. The average molecular weight is 928 g/mol. The number of benzene rings is 10. The first-order valence-corrected chi connectivity index (χ1v) is 23.6. The fourth-order valence-electron chi connectivity index (χ4n) is 10.3. The van der Waals surface area contributed by atoms with Crippen LogP contribution in [-0.2, 0) is 0 Å². The van der Waals surface area contributed by atoms with E-state index in [1.807, 2.05) is 109 Å². The molecule has 0 fully saturated rings. The van der Waals surface area contributed by atoms with Gasteiger partial charge in [0.05, 0.1) is 76.4 Å². The van der Waals surface area contributed by atoms with E-state index in [0.29, 0.717) is 28.2 Å². The van der Waals surface area contributed by atoms with Gasteiger partial charge in [0.2, 0.25) is 5.69 Å². The third-order valence-corrected chi connectivity index (χ3v) is 13.9. The molecule has 0 aliphatic rings. The number of hydrogen-bond acceptors (Lipinski definition) is 2. The van der Waals surface area contributed by atoms with Crippen LogP contribution in [-0.4, -0.2) is 9.13 Å². The number of rotatable bonds is 7. The molecule has 0 bridgehead atoms. The average Bonchev–Trinajstić information content (AvgIpc) is 3.96. The summed E-state index contributed by atoms with van der Waals surface area (Å²) >= 11 is 0. The first kappa shape index (κ1) is 43.5. The van der Waals surface area contributed by atoms with Crippen molar-refractivity contribution in [3.8, 4) is 79.1 Å². The highest BCUT2D eigenvalue weighted by atomic mass is 15.0. The van der Waals surface area contributed by atoms with Crippen molar-refractivity contribution in [2.24, 2.45) is 0 Å². The van der Waals surface area contributed by atoms with Crippen LogP contribution < -0.4 is 0 Å². The number of nitriles is 2. The molecule has 12 rings (SSSR count). The Kier molecular flexibility index (Phi) is 10.5. The molecule has 0 aliphatic carbocycles. The van der Waals surface area contributed by atoms with Gasteiger partial charge < -0.3 is 9.13 Å². The molecule has 0 amide bonds. The number of fused-ring (bicyclic) bond motifs is 6. The van der Waals surface area contributed by atoms with Crippen molar-refractivity contribution in [3.05, 3.63) is 257 Å². The fraction of sp³-hybridized carbons (Fsp3) is 0.0152. The second-order valence-corrected chi connectivity index (χ2v) is 18.1. The third-order valence-electron chi connectivity index (χ3n) is 13.9. The quantitative estimate of drug-likeness (QED) is 0.149. The lowest BCUT2D eigenvalue weighted by Crippen LogP contribution is -2.02. The molecule has 7 heteroatoms. The standard InChI is InChI=1S/C66H37N7/c1-41-8-29-61(72-62-30-21-48(44-13-9-42(39-67)10-14-44)35-56(62)57-36-49(22-31-63(57)72)45-15-11-43(40-68)12-16-45)55(34-41)54-6-5-7-60(71-4)66(54)73-64-32-23-50(46-17-25-52(69-2)26-18-46)37-58(64)59-38-51(24-33-65(59)73)47-19-27-53(70-3)28-20-47/h5-38H,1H3. The minimum Gasteiger partial charge on any atom is -0.318 e. The zero-order valence-electron chi connectivity index (χ0n) is 39.3. The van der Waals surface area contributed by atoms with Crippen molar-refractivity contribution in [3.63, 3.8) is 0 Å². The maximum Gasteiger partial charge on any atom is 0.211 e. The van der Waals surface area contributed by atoms with Crippen LogP contribution in [0.2, 0.25) is 0 Å². The first-order valence-electron chi connectivity index (χ1n) is 23.6. The normalized spacial score (nSPS) is 11.0. The van der Waals surface area contributed by atoms with Gasteiger partial charge in [0.15, 0.2) is 11.4 Å². The van der Waals surface area contributed by atoms with Crippen LogP contribution in [0.3, 0.4) is 0 Å². The second-order valence-electron chi connectivity index (χ2n) is 18.1. The zero-order valence-corrected chi connectivity index (χ0v) is 39.3. The van der Waals surface area contributed by atoms with Gasteiger partial charge >= 0.3 is 0 Å². The minimum absolute atomic E-state index is 0.503. The van der Waals surface area contributed by atoms with E-state index in [0.717, 1.165) is 116 Å². The van der Waals surface area contributed by atoms with E-state index in [1.165, 1.54) is 0 Å². The van der Waals surface area contributed by atoms with Crippen LogP contribution in [0.1, 0.15) is 16.7 Å². The third kappa shape index (κ3) is 7.42. The highest BCUT2D eigenvalue weighted by Crippen LogP contribution is 2.46. The van der Waals surface area contributed by atoms with Crippen LogP contribution in [0, 0.1) is 49.3 Å². The molecule has 2 heterocycles. The van der Waals surface area contributed by atoms with Gasteiger partial charge in [-0.05, 0) is 142 Å². The molecule has 0 atom stereocenters. The van der Waals surface area contributed by atoms with Gasteiger partial charge in [0, 0.05) is 27.1 Å². The lowest BCUT2D eigenvalue weighted by molar-refractivity contribution is 1.16. The Morgan fingerprint density at radius 2 is 0.753 bits per heavy atom. The van der Waals surface area contributed by atoms with E-state index in [2.05, 4.69) is 140 Å². The molecular weight excluding hydrogens is 891 g/mol. The Balaban J connectivity index is 1.11. The van der Waals surface area contributed by atoms with Gasteiger partial charge in [-0.25, -0.2) is 14.5 Å². The van der Waals surface area contributed by atoms with E-state index in [4.69, 9.17) is 19.7 Å². The summed E-state index contributed by atoms with van der Waals surface area (Å²) in [7, 11) is 0. The number of aromatic nitrogens is 2. The van der Waals surface area contributed by atoms with Crippen molar-refractivity contribution in [2.45, 2.75) is 6.92 Å².